The molecule has 0 amide bonds. The first-order valence-corrected chi connectivity index (χ1v) is 12.5. The number of aromatic amines is 1. The van der Waals surface area contributed by atoms with Crippen molar-refractivity contribution in [3.05, 3.63) is 62.8 Å². The molecule has 0 radical (unpaired) electrons. The maximum atomic E-state index is 15.2. The Kier molecular flexibility index (Phi) is 5.47. The Morgan fingerprint density at radius 2 is 1.85 bits per heavy atom. The first-order chi connectivity index (χ1) is 16.6. The fourth-order valence-corrected chi connectivity index (χ4v) is 5.65. The molecule has 1 aliphatic heterocycles. The van der Waals surface area contributed by atoms with Crippen LogP contribution in [0.4, 0.5) is 4.39 Å². The average molecular weight is 481 g/mol. The molecule has 0 unspecified atom stereocenters. The quantitative estimate of drug-likeness (QED) is 0.443. The fraction of sp³-hybridized carbons (Fsp3) is 0.360. The molecule has 1 saturated heterocycles. The van der Waals surface area contributed by atoms with Gasteiger partial charge in [0.05, 0.1) is 5.52 Å². The van der Waals surface area contributed by atoms with Crippen molar-refractivity contribution in [3.63, 3.8) is 0 Å². The Balaban J connectivity index is 1.32. The minimum atomic E-state index is -0.481. The highest BCUT2D eigenvalue weighted by Gasteiger charge is 2.29. The average Bonchev–Trinajstić information content (AvgIpc) is 3.62. The van der Waals surface area contributed by atoms with E-state index < -0.39 is 16.8 Å². The lowest BCUT2D eigenvalue weighted by Crippen LogP contribution is -2.44. The van der Waals surface area contributed by atoms with Gasteiger partial charge >= 0.3 is 0 Å². The summed E-state index contributed by atoms with van der Waals surface area (Å²) in [6.45, 7) is 5.56. The third-order valence-corrected chi connectivity index (χ3v) is 7.56. The van der Waals surface area contributed by atoms with E-state index in [1.54, 1.807) is 6.07 Å². The second-order valence-electron chi connectivity index (χ2n) is 8.96. The molecular formula is C25H25FN4O3S. The summed E-state index contributed by atoms with van der Waals surface area (Å²) >= 11 is 1.17. The molecule has 2 aliphatic rings. The van der Waals surface area contributed by atoms with E-state index in [4.69, 9.17) is 4.74 Å². The minimum absolute atomic E-state index is 0.124. The second kappa shape index (κ2) is 8.65. The van der Waals surface area contributed by atoms with Crippen molar-refractivity contribution in [2.75, 3.05) is 39.3 Å². The maximum absolute atomic E-state index is 15.2. The van der Waals surface area contributed by atoms with Crippen LogP contribution in [-0.4, -0.2) is 53.2 Å². The minimum Gasteiger partial charge on any atom is -0.492 e. The van der Waals surface area contributed by atoms with Crippen LogP contribution in [0, 0.1) is 5.82 Å². The highest BCUT2D eigenvalue weighted by atomic mass is 32.1. The van der Waals surface area contributed by atoms with E-state index in [-0.39, 0.29) is 16.8 Å². The van der Waals surface area contributed by atoms with Gasteiger partial charge in [0.2, 0.25) is 5.43 Å². The van der Waals surface area contributed by atoms with Gasteiger partial charge in [-0.1, -0.05) is 12.1 Å². The van der Waals surface area contributed by atoms with E-state index in [2.05, 4.69) is 14.6 Å². The second-order valence-corrected chi connectivity index (χ2v) is 9.75. The number of fused-ring (bicyclic) bond motifs is 2. The Labute approximate surface area is 198 Å². The van der Waals surface area contributed by atoms with Gasteiger partial charge in [-0.2, -0.15) is 0 Å². The van der Waals surface area contributed by atoms with E-state index in [9.17, 15) is 9.59 Å². The molecule has 6 rings (SSSR count). The first-order valence-electron chi connectivity index (χ1n) is 11.7. The number of aromatic nitrogens is 2. The van der Waals surface area contributed by atoms with Crippen LogP contribution in [0.25, 0.3) is 32.2 Å². The molecule has 0 spiro atoms. The van der Waals surface area contributed by atoms with Crippen molar-refractivity contribution < 1.29 is 9.13 Å². The van der Waals surface area contributed by atoms with Crippen LogP contribution >= 0.6 is 11.5 Å². The van der Waals surface area contributed by atoms with Gasteiger partial charge in [0.15, 0.2) is 0 Å². The van der Waals surface area contributed by atoms with E-state index in [0.717, 1.165) is 51.3 Å². The maximum Gasteiger partial charge on any atom is 0.271 e. The number of hydrogen-bond acceptors (Lipinski definition) is 6. The van der Waals surface area contributed by atoms with Crippen molar-refractivity contribution in [1.82, 2.24) is 19.2 Å². The fourth-order valence-electron chi connectivity index (χ4n) is 4.73. The molecule has 0 bridgehead atoms. The number of ether oxygens (including phenoxy) is 1. The molecule has 2 fully saturated rings. The Morgan fingerprint density at radius 3 is 2.59 bits per heavy atom. The molecule has 1 saturated carbocycles. The van der Waals surface area contributed by atoms with Crippen molar-refractivity contribution in [3.8, 4) is 16.9 Å². The summed E-state index contributed by atoms with van der Waals surface area (Å²) in [4.78, 5) is 28.2. The number of nitrogens with one attached hydrogen (secondary N) is 2. The van der Waals surface area contributed by atoms with Gasteiger partial charge in [-0.15, -0.1) is 0 Å². The van der Waals surface area contributed by atoms with Crippen molar-refractivity contribution >= 4 is 32.7 Å². The summed E-state index contributed by atoms with van der Waals surface area (Å²) in [5.74, 6) is 0.263. The summed E-state index contributed by atoms with van der Waals surface area (Å²) in [7, 11) is 0. The van der Waals surface area contributed by atoms with E-state index >= 15 is 4.39 Å². The first kappa shape index (κ1) is 21.5. The van der Waals surface area contributed by atoms with Crippen LogP contribution in [0.2, 0.25) is 0 Å². The SMILES string of the molecule is O=c1[nH]sc2c1c(=O)c1cc(F)c(-c3ccc(OCCN4CCNCC4)cc3)cc1n2C1CC1. The molecule has 34 heavy (non-hydrogen) atoms. The molecule has 3 heterocycles. The molecule has 176 valence electrons. The number of rotatable bonds is 6. The van der Waals surface area contributed by atoms with E-state index in [1.807, 2.05) is 28.8 Å². The van der Waals surface area contributed by atoms with Crippen molar-refractivity contribution in [1.29, 1.82) is 0 Å². The number of H-pyrrole nitrogens is 1. The van der Waals surface area contributed by atoms with Gasteiger partial charge in [0.25, 0.3) is 5.56 Å². The normalized spacial score (nSPS) is 17.0. The van der Waals surface area contributed by atoms with Crippen molar-refractivity contribution in [2.24, 2.45) is 0 Å². The highest BCUT2D eigenvalue weighted by Crippen LogP contribution is 2.40. The summed E-state index contributed by atoms with van der Waals surface area (Å²) in [5.41, 5.74) is 0.992. The van der Waals surface area contributed by atoms with Gasteiger partial charge in [-0.05, 0) is 54.2 Å². The van der Waals surface area contributed by atoms with Crippen LogP contribution in [0.3, 0.4) is 0 Å². The van der Waals surface area contributed by atoms with Gasteiger partial charge < -0.3 is 14.6 Å². The molecule has 4 aromatic rings. The molecule has 9 heteroatoms. The number of halogens is 1. The van der Waals surface area contributed by atoms with E-state index in [1.165, 1.54) is 17.6 Å². The van der Waals surface area contributed by atoms with E-state index in [0.29, 0.717) is 28.1 Å². The third-order valence-electron chi connectivity index (χ3n) is 6.68. The summed E-state index contributed by atoms with van der Waals surface area (Å²) in [6, 6.07) is 10.6. The van der Waals surface area contributed by atoms with Gasteiger partial charge in [-0.3, -0.25) is 18.9 Å². The summed E-state index contributed by atoms with van der Waals surface area (Å²) in [5, 5.41) is 3.71. The van der Waals surface area contributed by atoms with Crippen molar-refractivity contribution in [2.45, 2.75) is 18.9 Å². The molecule has 0 atom stereocenters. The zero-order chi connectivity index (χ0) is 23.2. The summed E-state index contributed by atoms with van der Waals surface area (Å²) < 4.78 is 25.8. The van der Waals surface area contributed by atoms with Gasteiger partial charge in [0, 0.05) is 49.7 Å². The molecule has 2 aromatic heterocycles. The predicted molar refractivity (Wildman–Crippen MR) is 133 cm³/mol. The Bertz CT molecular complexity index is 1480. The highest BCUT2D eigenvalue weighted by molar-refractivity contribution is 7.12. The number of pyridine rings is 1. The molecule has 2 aromatic carbocycles. The lowest BCUT2D eigenvalue weighted by atomic mass is 10.0. The number of benzene rings is 2. The zero-order valence-electron chi connectivity index (χ0n) is 18.6. The van der Waals surface area contributed by atoms with Gasteiger partial charge in [0.1, 0.15) is 28.4 Å². The van der Waals surface area contributed by atoms with Crippen LogP contribution in [-0.2, 0) is 0 Å². The number of hydrogen-bond donors (Lipinski definition) is 2. The van der Waals surface area contributed by atoms with Gasteiger partial charge in [-0.25, -0.2) is 4.39 Å². The number of nitrogens with zero attached hydrogens (tertiary/aromatic N) is 2. The zero-order valence-corrected chi connectivity index (χ0v) is 19.4. The molecule has 1 aliphatic carbocycles. The predicted octanol–water partition coefficient (Wildman–Crippen LogP) is 3.33. The molecular weight excluding hydrogens is 455 g/mol. The third kappa shape index (κ3) is 3.83. The van der Waals surface area contributed by atoms with Crippen LogP contribution < -0.4 is 21.0 Å². The molecule has 7 nitrogen and oxygen atoms in total. The Hall–Kier alpha value is -3.01. The smallest absolute Gasteiger partial charge is 0.271 e. The number of piperazine rings is 1. The Morgan fingerprint density at radius 1 is 1.09 bits per heavy atom. The van der Waals surface area contributed by atoms with Crippen LogP contribution in [0.1, 0.15) is 18.9 Å². The lowest BCUT2D eigenvalue weighted by molar-refractivity contribution is 0.191. The standard InChI is InChI=1S/C25H25FN4O3S/c26-20-13-19-21(30(16-3-4-16)25-22(23(19)31)24(32)28-34-25)14-18(20)15-1-5-17(6-2-15)33-12-11-29-9-7-27-8-10-29/h1-2,5-6,13-14,16,27H,3-4,7-12H2,(H,28,32). The monoisotopic (exact) mass is 480 g/mol. The lowest BCUT2D eigenvalue weighted by Gasteiger charge is -2.26. The van der Waals surface area contributed by atoms with Crippen LogP contribution in [0.5, 0.6) is 5.75 Å². The largest absolute Gasteiger partial charge is 0.492 e. The van der Waals surface area contributed by atoms with Crippen LogP contribution in [0.15, 0.2) is 46.0 Å². The topological polar surface area (TPSA) is 79.4 Å². The summed E-state index contributed by atoms with van der Waals surface area (Å²) in [6.07, 6.45) is 1.96. The molecule has 2 N–H and O–H groups in total.